The van der Waals surface area contributed by atoms with E-state index in [9.17, 15) is 4.79 Å². The van der Waals surface area contributed by atoms with Gasteiger partial charge in [-0.1, -0.05) is 26.2 Å². The van der Waals surface area contributed by atoms with E-state index < -0.39 is 5.54 Å². The molecule has 0 aromatic rings. The predicted molar refractivity (Wildman–Crippen MR) is 68.5 cm³/mol. The average molecular weight is 242 g/mol. The van der Waals surface area contributed by atoms with Gasteiger partial charge in [0, 0.05) is 13.2 Å². The monoisotopic (exact) mass is 242 g/mol. The first-order valence-electron chi connectivity index (χ1n) is 6.76. The summed E-state index contributed by atoms with van der Waals surface area (Å²) in [6, 6.07) is 0. The van der Waals surface area contributed by atoms with Crippen molar-refractivity contribution in [3.8, 4) is 0 Å². The first-order chi connectivity index (χ1) is 8.08. The molecule has 0 heterocycles. The average Bonchev–Trinajstić information content (AvgIpc) is 2.34. The second kappa shape index (κ2) is 6.97. The lowest BCUT2D eigenvalue weighted by atomic mass is 9.82. The topological polar surface area (TPSA) is 75.3 Å². The fraction of sp³-hybridized carbons (Fsp3) is 0.923. The molecule has 100 valence electrons. The van der Waals surface area contributed by atoms with Gasteiger partial charge >= 0.3 is 0 Å². The van der Waals surface area contributed by atoms with Gasteiger partial charge in [0.25, 0.3) is 0 Å². The molecule has 1 atom stereocenters. The summed E-state index contributed by atoms with van der Waals surface area (Å²) < 4.78 is 0. The van der Waals surface area contributed by atoms with Crippen LogP contribution in [0.15, 0.2) is 0 Å². The molecule has 1 aliphatic rings. The highest BCUT2D eigenvalue weighted by Gasteiger charge is 2.34. The van der Waals surface area contributed by atoms with Crippen molar-refractivity contribution >= 4 is 5.91 Å². The molecule has 0 radical (unpaired) electrons. The van der Waals surface area contributed by atoms with Gasteiger partial charge in [-0.25, -0.2) is 0 Å². The molecule has 1 amide bonds. The molecule has 1 rings (SSSR count). The molecule has 4 nitrogen and oxygen atoms in total. The first-order valence-corrected chi connectivity index (χ1v) is 6.76. The van der Waals surface area contributed by atoms with Gasteiger partial charge in [-0.15, -0.1) is 0 Å². The summed E-state index contributed by atoms with van der Waals surface area (Å²) in [5, 5.41) is 11.8. The fourth-order valence-corrected chi connectivity index (χ4v) is 2.33. The highest BCUT2D eigenvalue weighted by atomic mass is 16.3. The smallest absolute Gasteiger partial charge is 0.240 e. The zero-order valence-corrected chi connectivity index (χ0v) is 10.9. The standard InChI is InChI=1S/C13H26N2O2/c1-11(10-16)6-5-9-15-12(17)13(14)7-3-2-4-8-13/h11,16H,2-10,14H2,1H3,(H,15,17). The first kappa shape index (κ1) is 14.5. The Balaban J connectivity index is 2.20. The third-order valence-corrected chi connectivity index (χ3v) is 3.67. The number of nitrogens with two attached hydrogens (primary N) is 1. The van der Waals surface area contributed by atoms with Gasteiger partial charge in [0.1, 0.15) is 0 Å². The van der Waals surface area contributed by atoms with Gasteiger partial charge in [-0.3, -0.25) is 4.79 Å². The maximum absolute atomic E-state index is 11.9. The van der Waals surface area contributed by atoms with Crippen LogP contribution in [0.1, 0.15) is 51.9 Å². The van der Waals surface area contributed by atoms with E-state index in [1.165, 1.54) is 6.42 Å². The second-order valence-corrected chi connectivity index (χ2v) is 5.40. The van der Waals surface area contributed by atoms with Crippen LogP contribution in [0.25, 0.3) is 0 Å². The Kier molecular flexibility index (Phi) is 5.92. The van der Waals surface area contributed by atoms with E-state index in [2.05, 4.69) is 5.32 Å². The molecule has 1 aliphatic carbocycles. The summed E-state index contributed by atoms with van der Waals surface area (Å²) in [6.45, 7) is 2.89. The summed E-state index contributed by atoms with van der Waals surface area (Å²) in [6.07, 6.45) is 6.78. The van der Waals surface area contributed by atoms with Crippen molar-refractivity contribution < 1.29 is 9.90 Å². The van der Waals surface area contributed by atoms with Crippen LogP contribution in [0.5, 0.6) is 0 Å². The SMILES string of the molecule is CC(CO)CCCNC(=O)C1(N)CCCCC1. The van der Waals surface area contributed by atoms with Crippen LogP contribution in [-0.2, 0) is 4.79 Å². The molecule has 0 bridgehead atoms. The van der Waals surface area contributed by atoms with Crippen molar-refractivity contribution in [3.05, 3.63) is 0 Å². The van der Waals surface area contributed by atoms with Crippen molar-refractivity contribution in [2.45, 2.75) is 57.4 Å². The lowest BCUT2D eigenvalue weighted by Gasteiger charge is -2.31. The Labute approximate surface area is 104 Å². The van der Waals surface area contributed by atoms with E-state index in [-0.39, 0.29) is 12.5 Å². The van der Waals surface area contributed by atoms with E-state index in [1.807, 2.05) is 6.92 Å². The van der Waals surface area contributed by atoms with Gasteiger partial charge in [0.05, 0.1) is 5.54 Å². The molecular formula is C13H26N2O2. The minimum Gasteiger partial charge on any atom is -0.396 e. The molecule has 4 heteroatoms. The van der Waals surface area contributed by atoms with Crippen molar-refractivity contribution in [3.63, 3.8) is 0 Å². The van der Waals surface area contributed by atoms with Crippen LogP contribution in [0.4, 0.5) is 0 Å². The number of carbonyl (C=O) groups excluding carboxylic acids is 1. The maximum atomic E-state index is 11.9. The summed E-state index contributed by atoms with van der Waals surface area (Å²) in [4.78, 5) is 11.9. The normalized spacial score (nSPS) is 20.9. The summed E-state index contributed by atoms with van der Waals surface area (Å²) in [5.41, 5.74) is 5.49. The zero-order valence-electron chi connectivity index (χ0n) is 10.9. The highest BCUT2D eigenvalue weighted by molar-refractivity contribution is 5.86. The molecule has 0 spiro atoms. The second-order valence-electron chi connectivity index (χ2n) is 5.40. The summed E-state index contributed by atoms with van der Waals surface area (Å²) in [7, 11) is 0. The highest BCUT2D eigenvalue weighted by Crippen LogP contribution is 2.25. The molecule has 1 unspecified atom stereocenters. The van der Waals surface area contributed by atoms with Crippen molar-refractivity contribution in [1.29, 1.82) is 0 Å². The Bertz CT molecular complexity index is 238. The Morgan fingerprint density at radius 2 is 2.06 bits per heavy atom. The third-order valence-electron chi connectivity index (χ3n) is 3.67. The predicted octanol–water partition coefficient (Wildman–Crippen LogP) is 1.17. The van der Waals surface area contributed by atoms with E-state index in [1.54, 1.807) is 0 Å². The summed E-state index contributed by atoms with van der Waals surface area (Å²) >= 11 is 0. The molecule has 0 saturated heterocycles. The van der Waals surface area contributed by atoms with E-state index in [0.29, 0.717) is 12.5 Å². The van der Waals surface area contributed by atoms with Gasteiger partial charge in [0.15, 0.2) is 0 Å². The Morgan fingerprint density at radius 3 is 2.65 bits per heavy atom. The number of carbonyl (C=O) groups is 1. The van der Waals surface area contributed by atoms with Crippen LogP contribution >= 0.6 is 0 Å². The molecule has 0 aromatic heterocycles. The van der Waals surface area contributed by atoms with Crippen LogP contribution < -0.4 is 11.1 Å². The Morgan fingerprint density at radius 1 is 1.41 bits per heavy atom. The molecule has 1 saturated carbocycles. The molecule has 4 N–H and O–H groups in total. The molecule has 1 fully saturated rings. The van der Waals surface area contributed by atoms with Crippen molar-refractivity contribution in [2.24, 2.45) is 11.7 Å². The van der Waals surface area contributed by atoms with Crippen molar-refractivity contribution in [2.75, 3.05) is 13.2 Å². The van der Waals surface area contributed by atoms with Gasteiger partial charge < -0.3 is 16.2 Å². The van der Waals surface area contributed by atoms with Gasteiger partial charge in [-0.05, 0) is 31.6 Å². The zero-order chi connectivity index (χ0) is 12.7. The molecular weight excluding hydrogens is 216 g/mol. The number of rotatable bonds is 6. The lowest BCUT2D eigenvalue weighted by molar-refractivity contribution is -0.127. The van der Waals surface area contributed by atoms with Crippen LogP contribution in [0, 0.1) is 5.92 Å². The number of aliphatic hydroxyl groups excluding tert-OH is 1. The Hall–Kier alpha value is -0.610. The van der Waals surface area contributed by atoms with Crippen LogP contribution in [-0.4, -0.2) is 29.7 Å². The van der Waals surface area contributed by atoms with E-state index >= 15 is 0 Å². The quantitative estimate of drug-likeness (QED) is 0.612. The minimum absolute atomic E-state index is 0.00820. The van der Waals surface area contributed by atoms with Crippen LogP contribution in [0.2, 0.25) is 0 Å². The minimum atomic E-state index is -0.624. The number of amides is 1. The maximum Gasteiger partial charge on any atom is 0.240 e. The number of aliphatic hydroxyl groups is 1. The summed E-state index contributed by atoms with van der Waals surface area (Å²) in [5.74, 6) is 0.322. The van der Waals surface area contributed by atoms with E-state index in [0.717, 1.165) is 38.5 Å². The molecule has 0 aliphatic heterocycles. The number of hydrogen-bond acceptors (Lipinski definition) is 3. The fourth-order valence-electron chi connectivity index (χ4n) is 2.33. The molecule has 17 heavy (non-hydrogen) atoms. The lowest BCUT2D eigenvalue weighted by Crippen LogP contribution is -2.55. The number of hydrogen-bond donors (Lipinski definition) is 3. The van der Waals surface area contributed by atoms with Gasteiger partial charge in [0.2, 0.25) is 5.91 Å². The van der Waals surface area contributed by atoms with E-state index in [4.69, 9.17) is 10.8 Å². The third kappa shape index (κ3) is 4.64. The number of nitrogens with one attached hydrogen (secondary N) is 1. The largest absolute Gasteiger partial charge is 0.396 e. The van der Waals surface area contributed by atoms with Crippen LogP contribution in [0.3, 0.4) is 0 Å². The molecule has 0 aromatic carbocycles. The van der Waals surface area contributed by atoms with Crippen molar-refractivity contribution in [1.82, 2.24) is 5.32 Å². The van der Waals surface area contributed by atoms with Gasteiger partial charge in [-0.2, -0.15) is 0 Å².